The number of halogens is 3. The summed E-state index contributed by atoms with van der Waals surface area (Å²) in [5.41, 5.74) is 4.45. The van der Waals surface area contributed by atoms with E-state index >= 15 is 0 Å². The van der Waals surface area contributed by atoms with Gasteiger partial charge in [-0.15, -0.1) is 12.4 Å². The third kappa shape index (κ3) is 5.66. The van der Waals surface area contributed by atoms with Crippen molar-refractivity contribution in [3.05, 3.63) is 99.0 Å². The summed E-state index contributed by atoms with van der Waals surface area (Å²) >= 11 is 12.3. The van der Waals surface area contributed by atoms with Gasteiger partial charge in [-0.05, 0) is 65.4 Å². The van der Waals surface area contributed by atoms with Crippen LogP contribution in [0.15, 0.2) is 71.7 Å². The topological polar surface area (TPSA) is 33.6 Å². The van der Waals surface area contributed by atoms with Gasteiger partial charge in [0.25, 0.3) is 0 Å². The standard InChI is InChI=1S/C27H28Cl2N2O.ClH/c1-5-32-23-16-19(27(2,3)4)10-15-22(23)26-30-24(17-6-11-20(28)12-7-17)25(31-26)18-8-13-21(29)14-9-18;/h6-16,24-25H,5H2,1-4H3,(H,30,31);1H/t24-,25+;. The van der Waals surface area contributed by atoms with Gasteiger partial charge in [0.05, 0.1) is 18.2 Å². The van der Waals surface area contributed by atoms with Crippen molar-refractivity contribution in [2.75, 3.05) is 6.61 Å². The summed E-state index contributed by atoms with van der Waals surface area (Å²) in [6, 6.07) is 22.1. The van der Waals surface area contributed by atoms with Crippen molar-refractivity contribution in [3.8, 4) is 5.75 Å². The van der Waals surface area contributed by atoms with Crippen molar-refractivity contribution < 1.29 is 4.74 Å². The van der Waals surface area contributed by atoms with E-state index in [1.54, 1.807) is 0 Å². The Kier molecular flexibility index (Phi) is 8.00. The van der Waals surface area contributed by atoms with Crippen LogP contribution in [0.1, 0.15) is 62.0 Å². The Bertz CT molecular complexity index is 1120. The van der Waals surface area contributed by atoms with E-state index in [4.69, 9.17) is 32.9 Å². The smallest absolute Gasteiger partial charge is 0.133 e. The van der Waals surface area contributed by atoms with Gasteiger partial charge in [-0.2, -0.15) is 0 Å². The average Bonchev–Trinajstić information content (AvgIpc) is 3.19. The monoisotopic (exact) mass is 502 g/mol. The number of nitrogens with one attached hydrogen (secondary N) is 1. The molecule has 0 spiro atoms. The summed E-state index contributed by atoms with van der Waals surface area (Å²) in [7, 11) is 0. The van der Waals surface area contributed by atoms with Gasteiger partial charge in [-0.1, -0.05) is 74.3 Å². The Morgan fingerprint density at radius 3 is 2.00 bits per heavy atom. The fourth-order valence-electron chi connectivity index (χ4n) is 3.95. The van der Waals surface area contributed by atoms with Crippen molar-refractivity contribution in [3.63, 3.8) is 0 Å². The second kappa shape index (κ2) is 10.4. The summed E-state index contributed by atoms with van der Waals surface area (Å²) < 4.78 is 6.04. The normalized spacial score (nSPS) is 17.7. The molecule has 0 aliphatic carbocycles. The number of ether oxygens (including phenoxy) is 1. The first-order valence-electron chi connectivity index (χ1n) is 10.9. The Morgan fingerprint density at radius 2 is 1.45 bits per heavy atom. The van der Waals surface area contributed by atoms with Crippen LogP contribution in [-0.4, -0.2) is 12.4 Å². The number of aliphatic imine (C=N–C) groups is 1. The number of rotatable bonds is 5. The molecule has 1 heterocycles. The lowest BCUT2D eigenvalue weighted by atomic mass is 9.86. The van der Waals surface area contributed by atoms with Gasteiger partial charge in [-0.25, -0.2) is 0 Å². The van der Waals surface area contributed by atoms with E-state index in [0.717, 1.165) is 28.3 Å². The molecule has 0 saturated heterocycles. The van der Waals surface area contributed by atoms with Crippen LogP contribution in [0.2, 0.25) is 10.0 Å². The van der Waals surface area contributed by atoms with Crippen LogP contribution in [0, 0.1) is 0 Å². The minimum Gasteiger partial charge on any atom is -0.493 e. The lowest BCUT2D eigenvalue weighted by Gasteiger charge is -2.22. The number of hydrogen-bond acceptors (Lipinski definition) is 3. The lowest BCUT2D eigenvalue weighted by Crippen LogP contribution is -2.25. The molecule has 0 bridgehead atoms. The Hall–Kier alpha value is -2.20. The summed E-state index contributed by atoms with van der Waals surface area (Å²) in [5.74, 6) is 1.67. The van der Waals surface area contributed by atoms with Crippen LogP contribution < -0.4 is 10.1 Å². The highest BCUT2D eigenvalue weighted by atomic mass is 35.5. The largest absolute Gasteiger partial charge is 0.493 e. The maximum atomic E-state index is 6.14. The van der Waals surface area contributed by atoms with Crippen LogP contribution in [0.5, 0.6) is 5.75 Å². The predicted octanol–water partition coefficient (Wildman–Crippen LogP) is 7.94. The van der Waals surface area contributed by atoms with E-state index < -0.39 is 0 Å². The Morgan fingerprint density at radius 1 is 0.879 bits per heavy atom. The van der Waals surface area contributed by atoms with Gasteiger partial charge in [0.1, 0.15) is 17.6 Å². The van der Waals surface area contributed by atoms with E-state index in [2.05, 4.69) is 44.3 Å². The molecular weight excluding hydrogens is 475 g/mol. The molecule has 2 atom stereocenters. The van der Waals surface area contributed by atoms with E-state index in [9.17, 15) is 0 Å². The molecular formula is C27H29Cl3N2O. The van der Waals surface area contributed by atoms with E-state index in [-0.39, 0.29) is 29.9 Å². The summed E-state index contributed by atoms with van der Waals surface area (Å²) in [6.07, 6.45) is 0. The van der Waals surface area contributed by atoms with Gasteiger partial charge in [-0.3, -0.25) is 4.99 Å². The highest BCUT2D eigenvalue weighted by Gasteiger charge is 2.33. The van der Waals surface area contributed by atoms with E-state index in [1.807, 2.05) is 55.5 Å². The predicted molar refractivity (Wildman–Crippen MR) is 142 cm³/mol. The molecule has 1 aliphatic heterocycles. The average molecular weight is 504 g/mol. The second-order valence-corrected chi connectivity index (χ2v) is 9.91. The van der Waals surface area contributed by atoms with E-state index in [1.165, 1.54) is 5.56 Å². The molecule has 3 aromatic rings. The SMILES string of the molecule is CCOc1cc(C(C)(C)C)ccc1C1=N[C@H](c2ccc(Cl)cc2)[C@H](c2ccc(Cl)cc2)N1.Cl. The van der Waals surface area contributed by atoms with Crippen LogP contribution >= 0.6 is 35.6 Å². The Labute approximate surface area is 212 Å². The molecule has 1 N–H and O–H groups in total. The maximum absolute atomic E-state index is 6.14. The lowest BCUT2D eigenvalue weighted by molar-refractivity contribution is 0.338. The quantitative estimate of drug-likeness (QED) is 0.383. The molecule has 0 radical (unpaired) electrons. The molecule has 3 nitrogen and oxygen atoms in total. The van der Waals surface area contributed by atoms with Crippen LogP contribution in [0.25, 0.3) is 0 Å². The highest BCUT2D eigenvalue weighted by Crippen LogP contribution is 2.39. The molecule has 0 aromatic heterocycles. The van der Waals surface area contributed by atoms with Gasteiger partial charge in [0.15, 0.2) is 0 Å². The summed E-state index contributed by atoms with van der Waals surface area (Å²) in [5, 5.41) is 5.08. The van der Waals surface area contributed by atoms with Gasteiger partial charge in [0, 0.05) is 10.0 Å². The third-order valence-corrected chi connectivity index (χ3v) is 6.22. The summed E-state index contributed by atoms with van der Waals surface area (Å²) in [4.78, 5) is 5.12. The zero-order valence-electron chi connectivity index (χ0n) is 19.2. The number of nitrogens with zero attached hydrogens (tertiary/aromatic N) is 1. The first-order chi connectivity index (χ1) is 15.3. The number of amidine groups is 1. The number of benzene rings is 3. The van der Waals surface area contributed by atoms with Crippen molar-refractivity contribution in [2.24, 2.45) is 4.99 Å². The molecule has 1 aliphatic rings. The van der Waals surface area contributed by atoms with Gasteiger partial charge in [0.2, 0.25) is 0 Å². The molecule has 3 aromatic carbocycles. The molecule has 6 heteroatoms. The fraction of sp³-hybridized carbons (Fsp3) is 0.296. The number of hydrogen-bond donors (Lipinski definition) is 1. The fourth-order valence-corrected chi connectivity index (χ4v) is 4.20. The van der Waals surface area contributed by atoms with Gasteiger partial charge >= 0.3 is 0 Å². The minimum absolute atomic E-state index is 0. The zero-order valence-corrected chi connectivity index (χ0v) is 21.6. The van der Waals surface area contributed by atoms with Crippen LogP contribution in [-0.2, 0) is 5.41 Å². The minimum atomic E-state index is -0.0970. The second-order valence-electron chi connectivity index (χ2n) is 9.04. The molecule has 33 heavy (non-hydrogen) atoms. The van der Waals surface area contributed by atoms with Crippen molar-refractivity contribution in [1.29, 1.82) is 0 Å². The first-order valence-corrected chi connectivity index (χ1v) is 11.6. The molecule has 174 valence electrons. The van der Waals surface area contributed by atoms with Crippen LogP contribution in [0.3, 0.4) is 0 Å². The maximum Gasteiger partial charge on any atom is 0.133 e. The first kappa shape index (κ1) is 25.4. The highest BCUT2D eigenvalue weighted by molar-refractivity contribution is 6.30. The van der Waals surface area contributed by atoms with Crippen molar-refractivity contribution >= 4 is 41.4 Å². The molecule has 0 amide bonds. The zero-order chi connectivity index (χ0) is 22.9. The molecule has 0 fully saturated rings. The van der Waals surface area contributed by atoms with Crippen molar-refractivity contribution in [1.82, 2.24) is 5.32 Å². The van der Waals surface area contributed by atoms with Crippen LogP contribution in [0.4, 0.5) is 0 Å². The molecule has 0 unspecified atom stereocenters. The third-order valence-electron chi connectivity index (χ3n) is 5.72. The Balaban J connectivity index is 0.00000306. The molecule has 0 saturated carbocycles. The van der Waals surface area contributed by atoms with Gasteiger partial charge < -0.3 is 10.1 Å². The summed E-state index contributed by atoms with van der Waals surface area (Å²) in [6.45, 7) is 9.21. The molecule has 4 rings (SSSR count). The van der Waals surface area contributed by atoms with E-state index in [0.29, 0.717) is 16.7 Å². The van der Waals surface area contributed by atoms with Crippen molar-refractivity contribution in [2.45, 2.75) is 45.2 Å².